The van der Waals surface area contributed by atoms with Crippen molar-refractivity contribution in [1.29, 1.82) is 0 Å². The lowest BCUT2D eigenvalue weighted by Crippen LogP contribution is -2.08. The highest BCUT2D eigenvalue weighted by Crippen LogP contribution is 2.24. The molecule has 0 spiro atoms. The van der Waals surface area contributed by atoms with Crippen molar-refractivity contribution < 1.29 is 14.4 Å². The molecule has 0 saturated heterocycles. The number of ether oxygens (including phenoxy) is 2. The first-order valence-electron chi connectivity index (χ1n) is 5.96. The summed E-state index contributed by atoms with van der Waals surface area (Å²) in [5.74, 6) is 0.296. The Balaban J connectivity index is 2.45. The minimum absolute atomic E-state index is 0.0455. The van der Waals surface area contributed by atoms with E-state index < -0.39 is 4.92 Å². The van der Waals surface area contributed by atoms with Crippen LogP contribution in [0, 0.1) is 17.0 Å². The number of rotatable bonds is 5. The molecule has 0 bridgehead atoms. The zero-order valence-corrected chi connectivity index (χ0v) is 12.0. The maximum absolute atomic E-state index is 11.1. The van der Waals surface area contributed by atoms with Gasteiger partial charge in [0, 0.05) is 7.05 Å². The molecule has 21 heavy (non-hydrogen) atoms. The summed E-state index contributed by atoms with van der Waals surface area (Å²) in [6, 6.07) is 0.164. The van der Waals surface area contributed by atoms with Crippen LogP contribution < -0.4 is 9.47 Å². The summed E-state index contributed by atoms with van der Waals surface area (Å²) in [4.78, 5) is 22.7. The van der Waals surface area contributed by atoms with Crippen LogP contribution in [0.2, 0.25) is 0 Å². The molecule has 0 aliphatic carbocycles. The van der Waals surface area contributed by atoms with Crippen LogP contribution in [-0.2, 0) is 13.5 Å². The average Bonchev–Trinajstić information content (AvgIpc) is 2.72. The van der Waals surface area contributed by atoms with Crippen molar-refractivity contribution in [2.75, 3.05) is 14.2 Å². The molecule has 0 atom stereocenters. The predicted octanol–water partition coefficient (Wildman–Crippen LogP) is 0.430. The largest absolute Gasteiger partial charge is 0.467 e. The number of methoxy groups -OCH3 is 2. The zero-order valence-electron chi connectivity index (χ0n) is 12.0. The molecule has 0 aliphatic heterocycles. The highest BCUT2D eigenvalue weighted by Gasteiger charge is 2.25. The standard InChI is InChI=1S/C11H14N6O4/c1-6-9(17(18)19)7(16(2)15-6)5-8-12-10(20-3)14-11(13-8)21-4/h5H2,1-4H3. The van der Waals surface area contributed by atoms with E-state index in [1.807, 2.05) is 0 Å². The summed E-state index contributed by atoms with van der Waals surface area (Å²) in [5.41, 5.74) is 0.689. The highest BCUT2D eigenvalue weighted by molar-refractivity contribution is 5.41. The summed E-state index contributed by atoms with van der Waals surface area (Å²) in [6.07, 6.45) is 0.114. The quantitative estimate of drug-likeness (QED) is 0.575. The fourth-order valence-electron chi connectivity index (χ4n) is 1.92. The van der Waals surface area contributed by atoms with Crippen LogP contribution in [0.1, 0.15) is 17.2 Å². The van der Waals surface area contributed by atoms with Gasteiger partial charge in [-0.15, -0.1) is 4.98 Å². The Morgan fingerprint density at radius 2 is 1.76 bits per heavy atom. The van der Waals surface area contributed by atoms with E-state index in [1.165, 1.54) is 18.9 Å². The van der Waals surface area contributed by atoms with Crippen LogP contribution >= 0.6 is 0 Å². The maximum Gasteiger partial charge on any atom is 0.322 e. The molecule has 2 aromatic heterocycles. The van der Waals surface area contributed by atoms with Gasteiger partial charge >= 0.3 is 17.7 Å². The molecule has 0 amide bonds. The molecule has 10 heteroatoms. The van der Waals surface area contributed by atoms with Crippen LogP contribution in [0.3, 0.4) is 0 Å². The topological polar surface area (TPSA) is 118 Å². The molecule has 2 heterocycles. The van der Waals surface area contributed by atoms with E-state index in [4.69, 9.17) is 9.47 Å². The van der Waals surface area contributed by atoms with Crippen LogP contribution in [-0.4, -0.2) is 43.9 Å². The van der Waals surface area contributed by atoms with Gasteiger partial charge in [-0.2, -0.15) is 15.1 Å². The first kappa shape index (κ1) is 14.6. The van der Waals surface area contributed by atoms with Crippen LogP contribution in [0.4, 0.5) is 5.69 Å². The minimum atomic E-state index is -0.465. The Morgan fingerprint density at radius 1 is 1.19 bits per heavy atom. The third kappa shape index (κ3) is 2.88. The Bertz CT molecular complexity index is 661. The number of aryl methyl sites for hydroxylation is 2. The van der Waals surface area contributed by atoms with Gasteiger partial charge in [0.15, 0.2) is 0 Å². The van der Waals surface area contributed by atoms with E-state index in [0.29, 0.717) is 17.2 Å². The Hall–Kier alpha value is -2.78. The molecule has 2 rings (SSSR count). The molecule has 0 fully saturated rings. The van der Waals surface area contributed by atoms with Crippen molar-refractivity contribution in [2.24, 2.45) is 7.05 Å². The summed E-state index contributed by atoms with van der Waals surface area (Å²) in [7, 11) is 4.45. The first-order chi connectivity index (χ1) is 9.96. The van der Waals surface area contributed by atoms with Gasteiger partial charge in [-0.3, -0.25) is 14.8 Å². The van der Waals surface area contributed by atoms with E-state index in [0.717, 1.165) is 0 Å². The Kier molecular flexibility index (Phi) is 3.96. The minimum Gasteiger partial charge on any atom is -0.467 e. The van der Waals surface area contributed by atoms with Gasteiger partial charge in [0.05, 0.1) is 25.6 Å². The summed E-state index contributed by atoms with van der Waals surface area (Å²) < 4.78 is 11.3. The second-order valence-electron chi connectivity index (χ2n) is 4.16. The molecule has 0 N–H and O–H groups in total. The van der Waals surface area contributed by atoms with Gasteiger partial charge in [-0.25, -0.2) is 0 Å². The summed E-state index contributed by atoms with van der Waals surface area (Å²) >= 11 is 0. The van der Waals surface area contributed by atoms with Gasteiger partial charge < -0.3 is 9.47 Å². The number of hydrogen-bond acceptors (Lipinski definition) is 8. The molecule has 112 valence electrons. The molecule has 0 radical (unpaired) electrons. The second kappa shape index (κ2) is 5.69. The van der Waals surface area contributed by atoms with Crippen molar-refractivity contribution in [3.8, 4) is 12.0 Å². The zero-order chi connectivity index (χ0) is 15.6. The second-order valence-corrected chi connectivity index (χ2v) is 4.16. The molecule has 0 aromatic carbocycles. The number of nitro groups is 1. The molecular formula is C11H14N6O4. The lowest BCUT2D eigenvalue weighted by atomic mass is 10.2. The average molecular weight is 294 g/mol. The van der Waals surface area contributed by atoms with E-state index in [2.05, 4.69) is 20.1 Å². The van der Waals surface area contributed by atoms with Gasteiger partial charge in [0.25, 0.3) is 0 Å². The number of hydrogen-bond donors (Lipinski definition) is 0. The Labute approximate surface area is 119 Å². The van der Waals surface area contributed by atoms with E-state index in [1.54, 1.807) is 14.0 Å². The maximum atomic E-state index is 11.1. The predicted molar refractivity (Wildman–Crippen MR) is 70.3 cm³/mol. The number of aromatic nitrogens is 5. The smallest absolute Gasteiger partial charge is 0.322 e. The third-order valence-electron chi connectivity index (χ3n) is 2.82. The highest BCUT2D eigenvalue weighted by atomic mass is 16.6. The van der Waals surface area contributed by atoms with Crippen molar-refractivity contribution in [3.63, 3.8) is 0 Å². The molecular weight excluding hydrogens is 280 g/mol. The van der Waals surface area contributed by atoms with Crippen molar-refractivity contribution >= 4 is 5.69 Å². The third-order valence-corrected chi connectivity index (χ3v) is 2.82. The van der Waals surface area contributed by atoms with Crippen LogP contribution in [0.5, 0.6) is 12.0 Å². The first-order valence-corrected chi connectivity index (χ1v) is 5.96. The Morgan fingerprint density at radius 3 is 2.24 bits per heavy atom. The van der Waals surface area contributed by atoms with Gasteiger partial charge in [0.1, 0.15) is 17.2 Å². The normalized spacial score (nSPS) is 10.5. The lowest BCUT2D eigenvalue weighted by Gasteiger charge is -2.05. The number of nitrogens with zero attached hydrogens (tertiary/aromatic N) is 6. The van der Waals surface area contributed by atoms with Gasteiger partial charge in [0.2, 0.25) is 0 Å². The molecule has 0 saturated carbocycles. The SMILES string of the molecule is COc1nc(Cc2c([N+](=O)[O-])c(C)nn2C)nc(OC)n1. The van der Waals surface area contributed by atoms with E-state index in [9.17, 15) is 10.1 Å². The van der Waals surface area contributed by atoms with Crippen molar-refractivity contribution in [1.82, 2.24) is 24.7 Å². The molecule has 10 nitrogen and oxygen atoms in total. The monoisotopic (exact) mass is 294 g/mol. The van der Waals surface area contributed by atoms with E-state index in [-0.39, 0.29) is 24.1 Å². The molecule has 2 aromatic rings. The van der Waals surface area contributed by atoms with Crippen molar-refractivity contribution in [2.45, 2.75) is 13.3 Å². The lowest BCUT2D eigenvalue weighted by molar-refractivity contribution is -0.386. The van der Waals surface area contributed by atoms with Gasteiger partial charge in [-0.05, 0) is 6.92 Å². The summed E-state index contributed by atoms with van der Waals surface area (Å²) in [5, 5.41) is 15.2. The van der Waals surface area contributed by atoms with Crippen LogP contribution in [0.15, 0.2) is 0 Å². The summed E-state index contributed by atoms with van der Waals surface area (Å²) in [6.45, 7) is 1.58. The fraction of sp³-hybridized carbons (Fsp3) is 0.455. The fourth-order valence-corrected chi connectivity index (χ4v) is 1.92. The molecule has 0 unspecified atom stereocenters. The van der Waals surface area contributed by atoms with Crippen molar-refractivity contribution in [3.05, 3.63) is 27.3 Å². The van der Waals surface area contributed by atoms with Gasteiger partial charge in [-0.1, -0.05) is 0 Å². The van der Waals surface area contributed by atoms with Crippen LogP contribution in [0.25, 0.3) is 0 Å². The molecule has 0 aliphatic rings. The van der Waals surface area contributed by atoms with E-state index >= 15 is 0 Å².